The van der Waals surface area contributed by atoms with E-state index in [-0.39, 0.29) is 5.91 Å². The number of hydrogen-bond acceptors (Lipinski definition) is 5. The molecule has 6 heteroatoms. The first-order valence-electron chi connectivity index (χ1n) is 9.46. The molecule has 1 amide bonds. The van der Waals surface area contributed by atoms with Gasteiger partial charge in [-0.05, 0) is 57.7 Å². The number of piperidine rings is 1. The van der Waals surface area contributed by atoms with Crippen molar-refractivity contribution in [3.8, 4) is 0 Å². The first kappa shape index (κ1) is 17.6. The van der Waals surface area contributed by atoms with Gasteiger partial charge in [0.15, 0.2) is 5.82 Å². The summed E-state index contributed by atoms with van der Waals surface area (Å²) in [6, 6.07) is 8.00. The molecule has 1 fully saturated rings. The third kappa shape index (κ3) is 3.70. The lowest BCUT2D eigenvalue weighted by Gasteiger charge is -2.31. The molecular weight excluding hydrogens is 340 g/mol. The van der Waals surface area contributed by atoms with Crippen molar-refractivity contribution in [2.45, 2.75) is 40.0 Å². The van der Waals surface area contributed by atoms with E-state index in [9.17, 15) is 4.79 Å². The lowest BCUT2D eigenvalue weighted by Crippen LogP contribution is -2.39. The summed E-state index contributed by atoms with van der Waals surface area (Å²) in [7, 11) is 0. The van der Waals surface area contributed by atoms with Gasteiger partial charge in [-0.2, -0.15) is 4.98 Å². The van der Waals surface area contributed by atoms with Crippen molar-refractivity contribution in [1.29, 1.82) is 0 Å². The van der Waals surface area contributed by atoms with E-state index in [1.165, 1.54) is 0 Å². The maximum absolute atomic E-state index is 13.2. The highest BCUT2D eigenvalue weighted by Crippen LogP contribution is 2.25. The van der Waals surface area contributed by atoms with Gasteiger partial charge in [0.1, 0.15) is 0 Å². The fourth-order valence-electron chi connectivity index (χ4n) is 3.83. The van der Waals surface area contributed by atoms with Gasteiger partial charge in [0.2, 0.25) is 5.89 Å². The molecule has 0 aliphatic carbocycles. The van der Waals surface area contributed by atoms with Gasteiger partial charge in [0.25, 0.3) is 5.91 Å². The summed E-state index contributed by atoms with van der Waals surface area (Å²) < 4.78 is 5.23. The Morgan fingerprint density at radius 2 is 1.93 bits per heavy atom. The number of amides is 1. The molecule has 0 saturated carbocycles. The molecule has 0 bridgehead atoms. The molecule has 1 saturated heterocycles. The van der Waals surface area contributed by atoms with Gasteiger partial charge in [-0.1, -0.05) is 16.8 Å². The molecule has 4 rings (SSSR count). The molecule has 3 heterocycles. The van der Waals surface area contributed by atoms with Crippen LogP contribution in [0.4, 0.5) is 0 Å². The van der Waals surface area contributed by atoms with Gasteiger partial charge in [-0.3, -0.25) is 9.78 Å². The van der Waals surface area contributed by atoms with Crippen LogP contribution < -0.4 is 0 Å². The number of fused-ring (bicyclic) bond motifs is 1. The standard InChI is InChI=1S/C21H24N4O2/c1-13-4-5-19-17(10-13)18(11-14(2)22-19)21(26)25-8-6-16(7-9-25)12-20-23-15(3)24-27-20/h4-5,10-11,16H,6-9,12H2,1-3H3. The van der Waals surface area contributed by atoms with Crippen LogP contribution in [0.1, 0.15) is 46.2 Å². The largest absolute Gasteiger partial charge is 0.339 e. The molecule has 27 heavy (non-hydrogen) atoms. The van der Waals surface area contributed by atoms with Gasteiger partial charge in [-0.15, -0.1) is 0 Å². The van der Waals surface area contributed by atoms with Gasteiger partial charge < -0.3 is 9.42 Å². The minimum Gasteiger partial charge on any atom is -0.339 e. The number of nitrogens with zero attached hydrogens (tertiary/aromatic N) is 4. The third-order valence-corrected chi connectivity index (χ3v) is 5.26. The predicted molar refractivity (Wildman–Crippen MR) is 103 cm³/mol. The summed E-state index contributed by atoms with van der Waals surface area (Å²) in [4.78, 5) is 24.0. The molecule has 0 unspecified atom stereocenters. The van der Waals surface area contributed by atoms with Crippen LogP contribution in [0.2, 0.25) is 0 Å². The topological polar surface area (TPSA) is 72.1 Å². The Kier molecular flexibility index (Phi) is 4.64. The van der Waals surface area contributed by atoms with Crippen molar-refractivity contribution in [3.05, 3.63) is 52.8 Å². The molecule has 6 nitrogen and oxygen atoms in total. The summed E-state index contributed by atoms with van der Waals surface area (Å²) in [6.07, 6.45) is 2.70. The summed E-state index contributed by atoms with van der Waals surface area (Å²) in [5.74, 6) is 1.95. The number of hydrogen-bond donors (Lipinski definition) is 0. The number of rotatable bonds is 3. The molecular formula is C21H24N4O2. The molecule has 0 N–H and O–H groups in total. The molecule has 1 aliphatic rings. The van der Waals surface area contributed by atoms with E-state index in [0.717, 1.165) is 60.1 Å². The van der Waals surface area contributed by atoms with Crippen molar-refractivity contribution in [1.82, 2.24) is 20.0 Å². The minimum absolute atomic E-state index is 0.100. The van der Waals surface area contributed by atoms with Crippen LogP contribution >= 0.6 is 0 Å². The van der Waals surface area contributed by atoms with Crippen LogP contribution in [0, 0.1) is 26.7 Å². The van der Waals surface area contributed by atoms with Crippen LogP contribution in [-0.2, 0) is 6.42 Å². The Morgan fingerprint density at radius 1 is 1.15 bits per heavy atom. The first-order valence-corrected chi connectivity index (χ1v) is 9.46. The third-order valence-electron chi connectivity index (χ3n) is 5.26. The molecule has 140 valence electrons. The van der Waals surface area contributed by atoms with E-state index in [4.69, 9.17) is 4.52 Å². The van der Waals surface area contributed by atoms with E-state index in [1.807, 2.05) is 43.9 Å². The van der Waals surface area contributed by atoms with Crippen LogP contribution in [0.15, 0.2) is 28.8 Å². The SMILES string of the molecule is Cc1ccc2nc(C)cc(C(=O)N3CCC(Cc4nc(C)no4)CC3)c2c1. The van der Waals surface area contributed by atoms with Crippen molar-refractivity contribution in [3.63, 3.8) is 0 Å². The number of pyridine rings is 1. The number of likely N-dealkylation sites (tertiary alicyclic amines) is 1. The zero-order valence-corrected chi connectivity index (χ0v) is 16.0. The van der Waals surface area contributed by atoms with E-state index in [0.29, 0.717) is 17.6 Å². The average Bonchev–Trinajstić information content (AvgIpc) is 3.06. The van der Waals surface area contributed by atoms with E-state index in [1.54, 1.807) is 0 Å². The zero-order chi connectivity index (χ0) is 19.0. The molecule has 1 aromatic carbocycles. The number of benzene rings is 1. The molecule has 2 aromatic heterocycles. The number of aromatic nitrogens is 3. The van der Waals surface area contributed by atoms with Gasteiger partial charge in [0.05, 0.1) is 11.1 Å². The Labute approximate surface area is 158 Å². The molecule has 3 aromatic rings. The monoisotopic (exact) mass is 364 g/mol. The maximum Gasteiger partial charge on any atom is 0.254 e. The fraction of sp³-hybridized carbons (Fsp3) is 0.429. The number of aryl methyl sites for hydroxylation is 3. The maximum atomic E-state index is 13.2. The minimum atomic E-state index is 0.100. The Bertz CT molecular complexity index is 987. The van der Waals surface area contributed by atoms with Crippen LogP contribution in [0.25, 0.3) is 10.9 Å². The Hall–Kier alpha value is -2.76. The molecule has 1 aliphatic heterocycles. The van der Waals surface area contributed by atoms with Crippen LogP contribution in [0.5, 0.6) is 0 Å². The Morgan fingerprint density at radius 3 is 2.63 bits per heavy atom. The first-order chi connectivity index (χ1) is 13.0. The van der Waals surface area contributed by atoms with E-state index < -0.39 is 0 Å². The zero-order valence-electron chi connectivity index (χ0n) is 16.0. The quantitative estimate of drug-likeness (QED) is 0.709. The lowest BCUT2D eigenvalue weighted by atomic mass is 9.93. The predicted octanol–water partition coefficient (Wildman–Crippen LogP) is 3.64. The Balaban J connectivity index is 1.49. The summed E-state index contributed by atoms with van der Waals surface area (Å²) in [5, 5.41) is 4.79. The normalized spacial score (nSPS) is 15.4. The highest BCUT2D eigenvalue weighted by atomic mass is 16.5. The second kappa shape index (κ2) is 7.10. The van der Waals surface area contributed by atoms with Crippen molar-refractivity contribution < 1.29 is 9.32 Å². The fourth-order valence-corrected chi connectivity index (χ4v) is 3.83. The lowest BCUT2D eigenvalue weighted by molar-refractivity contribution is 0.0689. The molecule has 0 atom stereocenters. The van der Waals surface area contributed by atoms with Gasteiger partial charge in [-0.25, -0.2) is 0 Å². The van der Waals surface area contributed by atoms with Crippen molar-refractivity contribution in [2.75, 3.05) is 13.1 Å². The summed E-state index contributed by atoms with van der Waals surface area (Å²) in [5.41, 5.74) is 3.64. The second-order valence-corrected chi connectivity index (χ2v) is 7.51. The highest BCUT2D eigenvalue weighted by molar-refractivity contribution is 6.06. The number of carbonyl (C=O) groups excluding carboxylic acids is 1. The molecule has 0 spiro atoms. The van der Waals surface area contributed by atoms with Gasteiger partial charge >= 0.3 is 0 Å². The van der Waals surface area contributed by atoms with Crippen LogP contribution in [0.3, 0.4) is 0 Å². The highest BCUT2D eigenvalue weighted by Gasteiger charge is 2.26. The van der Waals surface area contributed by atoms with Crippen molar-refractivity contribution >= 4 is 16.8 Å². The average molecular weight is 364 g/mol. The van der Waals surface area contributed by atoms with E-state index in [2.05, 4.69) is 21.2 Å². The van der Waals surface area contributed by atoms with E-state index >= 15 is 0 Å². The molecule has 0 radical (unpaired) electrons. The van der Waals surface area contributed by atoms with Gasteiger partial charge in [0, 0.05) is 30.6 Å². The van der Waals surface area contributed by atoms with Crippen molar-refractivity contribution in [2.24, 2.45) is 5.92 Å². The second-order valence-electron chi connectivity index (χ2n) is 7.51. The number of carbonyl (C=O) groups is 1. The van der Waals surface area contributed by atoms with Crippen LogP contribution in [-0.4, -0.2) is 39.0 Å². The summed E-state index contributed by atoms with van der Waals surface area (Å²) in [6.45, 7) is 7.32. The smallest absolute Gasteiger partial charge is 0.254 e. The summed E-state index contributed by atoms with van der Waals surface area (Å²) >= 11 is 0.